The summed E-state index contributed by atoms with van der Waals surface area (Å²) in [4.78, 5) is 11.0. The highest BCUT2D eigenvalue weighted by atomic mass is 35.5. The van der Waals surface area contributed by atoms with Gasteiger partial charge in [0.2, 0.25) is 0 Å². The predicted molar refractivity (Wildman–Crippen MR) is 86.2 cm³/mol. The van der Waals surface area contributed by atoms with Gasteiger partial charge in [0.15, 0.2) is 0 Å². The summed E-state index contributed by atoms with van der Waals surface area (Å²) >= 11 is 6.00. The van der Waals surface area contributed by atoms with Crippen LogP contribution in [0.4, 0.5) is 0 Å². The summed E-state index contributed by atoms with van der Waals surface area (Å²) < 4.78 is 5.14. The highest BCUT2D eigenvalue weighted by molar-refractivity contribution is 6.30. The summed E-state index contributed by atoms with van der Waals surface area (Å²) in [6, 6.07) is 17.7. The molecule has 0 aliphatic carbocycles. The summed E-state index contributed by atoms with van der Waals surface area (Å²) in [5.41, 5.74) is 3.21. The first-order valence-electron chi connectivity index (χ1n) is 6.76. The Morgan fingerprint density at radius 3 is 2.57 bits per heavy atom. The molecule has 0 atom stereocenters. The lowest BCUT2D eigenvalue weighted by atomic mass is 10.0. The number of carbonyl (C=O) groups excluding carboxylic acids is 1. The molecule has 0 fully saturated rings. The van der Waals surface area contributed by atoms with Gasteiger partial charge in [-0.25, -0.2) is 0 Å². The fourth-order valence-electron chi connectivity index (χ4n) is 2.03. The number of esters is 1. The lowest BCUT2D eigenvalue weighted by molar-refractivity contribution is -0.139. The van der Waals surface area contributed by atoms with E-state index in [1.54, 1.807) is 0 Å². The highest BCUT2D eigenvalue weighted by Crippen LogP contribution is 2.16. The van der Waals surface area contributed by atoms with Crippen LogP contribution in [0.3, 0.4) is 0 Å². The topological polar surface area (TPSA) is 26.3 Å². The molecule has 2 nitrogen and oxygen atoms in total. The molecule has 0 heterocycles. The number of rotatable bonds is 5. The molecule has 2 aromatic carbocycles. The van der Waals surface area contributed by atoms with Crippen molar-refractivity contribution in [1.82, 2.24) is 0 Å². The summed E-state index contributed by atoms with van der Waals surface area (Å²) in [6.45, 7) is 1.70. The molecule has 3 heteroatoms. The first-order valence-corrected chi connectivity index (χ1v) is 7.13. The van der Waals surface area contributed by atoms with E-state index in [0.717, 1.165) is 17.6 Å². The summed E-state index contributed by atoms with van der Waals surface area (Å²) in [6.07, 6.45) is 2.75. The molecule has 2 aromatic rings. The van der Waals surface area contributed by atoms with Crippen LogP contribution in [0.1, 0.15) is 18.1 Å². The molecule has 0 aliphatic rings. The number of halogens is 1. The Bertz CT molecular complexity index is 633. The van der Waals surface area contributed by atoms with Crippen molar-refractivity contribution in [3.05, 3.63) is 76.3 Å². The van der Waals surface area contributed by atoms with Gasteiger partial charge in [-0.1, -0.05) is 60.1 Å². The smallest absolute Gasteiger partial charge is 0.302 e. The Hall–Kier alpha value is -2.06. The number of hydrogen-bond acceptors (Lipinski definition) is 2. The van der Waals surface area contributed by atoms with E-state index in [1.165, 1.54) is 12.5 Å². The Morgan fingerprint density at radius 1 is 1.14 bits per heavy atom. The van der Waals surface area contributed by atoms with Crippen molar-refractivity contribution in [2.45, 2.75) is 13.3 Å². The van der Waals surface area contributed by atoms with Gasteiger partial charge in [0.25, 0.3) is 0 Å². The first kappa shape index (κ1) is 15.3. The molecule has 0 amide bonds. The molecule has 0 spiro atoms. The van der Waals surface area contributed by atoms with E-state index in [4.69, 9.17) is 16.3 Å². The molecular weight excluding hydrogens is 284 g/mol. The fourth-order valence-corrected chi connectivity index (χ4v) is 2.23. The molecular formula is C18H17ClO2. The van der Waals surface area contributed by atoms with E-state index in [2.05, 4.69) is 12.1 Å². The maximum Gasteiger partial charge on any atom is 0.302 e. The van der Waals surface area contributed by atoms with E-state index in [1.807, 2.05) is 48.5 Å². The van der Waals surface area contributed by atoms with Crippen molar-refractivity contribution >= 4 is 23.6 Å². The van der Waals surface area contributed by atoms with E-state index < -0.39 is 0 Å². The average Bonchev–Trinajstić information content (AvgIpc) is 2.46. The van der Waals surface area contributed by atoms with Crippen LogP contribution in [0.25, 0.3) is 6.08 Å². The van der Waals surface area contributed by atoms with Crippen LogP contribution in [0, 0.1) is 0 Å². The molecule has 0 aromatic heterocycles. The second kappa shape index (κ2) is 7.65. The summed E-state index contributed by atoms with van der Waals surface area (Å²) in [5, 5.41) is 0.690. The largest absolute Gasteiger partial charge is 0.461 e. The van der Waals surface area contributed by atoms with Gasteiger partial charge >= 0.3 is 5.97 Å². The van der Waals surface area contributed by atoms with E-state index >= 15 is 0 Å². The number of carbonyl (C=O) groups is 1. The second-order valence-electron chi connectivity index (χ2n) is 4.80. The predicted octanol–water partition coefficient (Wildman–Crippen LogP) is 4.53. The van der Waals surface area contributed by atoms with Gasteiger partial charge in [-0.3, -0.25) is 4.79 Å². The molecule has 0 saturated carbocycles. The van der Waals surface area contributed by atoms with E-state index in [0.29, 0.717) is 5.02 Å². The van der Waals surface area contributed by atoms with Gasteiger partial charge in [0.1, 0.15) is 6.61 Å². The summed E-state index contributed by atoms with van der Waals surface area (Å²) in [7, 11) is 0. The number of hydrogen-bond donors (Lipinski definition) is 0. The van der Waals surface area contributed by atoms with Crippen molar-refractivity contribution in [3.8, 4) is 0 Å². The maximum atomic E-state index is 11.0. The third-order valence-electron chi connectivity index (χ3n) is 2.95. The van der Waals surface area contributed by atoms with Crippen molar-refractivity contribution < 1.29 is 9.53 Å². The number of ether oxygens (including phenoxy) is 1. The molecule has 0 N–H and O–H groups in total. The monoisotopic (exact) mass is 300 g/mol. The zero-order valence-electron chi connectivity index (χ0n) is 11.9. The number of benzene rings is 2. The van der Waals surface area contributed by atoms with Gasteiger partial charge in [-0.05, 0) is 35.3 Å². The van der Waals surface area contributed by atoms with Gasteiger partial charge in [0.05, 0.1) is 0 Å². The van der Waals surface area contributed by atoms with E-state index in [9.17, 15) is 4.79 Å². The lowest BCUT2D eigenvalue weighted by Crippen LogP contribution is -2.05. The van der Waals surface area contributed by atoms with Gasteiger partial charge in [-0.2, -0.15) is 0 Å². The first-order chi connectivity index (χ1) is 10.1. The van der Waals surface area contributed by atoms with Gasteiger partial charge in [0, 0.05) is 11.9 Å². The third kappa shape index (κ3) is 5.44. The summed E-state index contributed by atoms with van der Waals surface area (Å²) in [5.74, 6) is -0.278. The molecule has 0 saturated heterocycles. The minimum absolute atomic E-state index is 0.278. The van der Waals surface area contributed by atoms with Crippen molar-refractivity contribution in [2.24, 2.45) is 0 Å². The molecule has 108 valence electrons. The third-order valence-corrected chi connectivity index (χ3v) is 3.19. The normalized spacial score (nSPS) is 11.2. The fraction of sp³-hybridized carbons (Fsp3) is 0.167. The molecule has 0 bridgehead atoms. The van der Waals surface area contributed by atoms with E-state index in [-0.39, 0.29) is 12.6 Å². The van der Waals surface area contributed by atoms with Crippen LogP contribution in [-0.4, -0.2) is 12.6 Å². The van der Waals surface area contributed by atoms with Crippen LogP contribution >= 0.6 is 11.6 Å². The molecule has 21 heavy (non-hydrogen) atoms. The standard InChI is InChI=1S/C18H17ClO2/c1-14(20)21-13-17(10-15-6-3-2-4-7-15)11-16-8-5-9-18(19)12-16/h2-9,11-12H,10,13H2,1H3/b17-11-. The SMILES string of the molecule is CC(=O)OC/C(=C\c1cccc(Cl)c1)Cc1ccccc1. The van der Waals surface area contributed by atoms with Crippen molar-refractivity contribution in [1.29, 1.82) is 0 Å². The Morgan fingerprint density at radius 2 is 1.90 bits per heavy atom. The van der Waals surface area contributed by atoms with Gasteiger partial charge in [-0.15, -0.1) is 0 Å². The van der Waals surface area contributed by atoms with Crippen molar-refractivity contribution in [3.63, 3.8) is 0 Å². The molecule has 0 radical (unpaired) electrons. The van der Waals surface area contributed by atoms with Crippen LogP contribution in [0.5, 0.6) is 0 Å². The van der Waals surface area contributed by atoms with Crippen LogP contribution < -0.4 is 0 Å². The Labute approximate surface area is 130 Å². The van der Waals surface area contributed by atoms with Crippen molar-refractivity contribution in [2.75, 3.05) is 6.61 Å². The average molecular weight is 301 g/mol. The quantitative estimate of drug-likeness (QED) is 0.758. The van der Waals surface area contributed by atoms with Crippen LogP contribution in [0.15, 0.2) is 60.2 Å². The lowest BCUT2D eigenvalue weighted by Gasteiger charge is -2.09. The molecule has 2 rings (SSSR count). The Balaban J connectivity index is 2.20. The van der Waals surface area contributed by atoms with Crippen LogP contribution in [0.2, 0.25) is 5.02 Å². The zero-order valence-corrected chi connectivity index (χ0v) is 12.6. The highest BCUT2D eigenvalue weighted by Gasteiger charge is 2.03. The second-order valence-corrected chi connectivity index (χ2v) is 5.24. The maximum absolute atomic E-state index is 11.0. The Kier molecular flexibility index (Phi) is 5.59. The molecule has 0 unspecified atom stereocenters. The van der Waals surface area contributed by atoms with Gasteiger partial charge < -0.3 is 4.74 Å². The van der Waals surface area contributed by atoms with Crippen LogP contribution in [-0.2, 0) is 16.0 Å². The zero-order chi connectivity index (χ0) is 15.1. The molecule has 0 aliphatic heterocycles. The minimum atomic E-state index is -0.278. The minimum Gasteiger partial charge on any atom is -0.461 e.